The van der Waals surface area contributed by atoms with Crippen LogP contribution in [0.2, 0.25) is 0 Å². The van der Waals surface area contributed by atoms with Gasteiger partial charge < -0.3 is 14.9 Å². The highest BCUT2D eigenvalue weighted by Gasteiger charge is 2.56. The maximum absolute atomic E-state index is 13.7. The molecule has 6 nitrogen and oxygen atoms in total. The van der Waals surface area contributed by atoms with Crippen LogP contribution in [0.4, 0.5) is 0 Å². The van der Waals surface area contributed by atoms with Crippen LogP contribution in [-0.2, 0) is 10.2 Å². The lowest BCUT2D eigenvalue weighted by Crippen LogP contribution is -2.62. The number of likely N-dealkylation sites (N-methyl/N-ethyl adjacent to an activating group) is 1. The van der Waals surface area contributed by atoms with Crippen molar-refractivity contribution in [1.29, 1.82) is 0 Å². The van der Waals surface area contributed by atoms with E-state index in [1.165, 1.54) is 0 Å². The van der Waals surface area contributed by atoms with Gasteiger partial charge in [-0.2, -0.15) is 0 Å². The molecule has 0 aromatic heterocycles. The number of carbonyl (C=O) groups is 3. The Balaban J connectivity index is 1.48. The molecule has 2 heterocycles. The number of rotatable bonds is 4. The first-order chi connectivity index (χ1) is 15.9. The number of fused-ring (bicyclic) bond motifs is 2. The van der Waals surface area contributed by atoms with Crippen molar-refractivity contribution in [3.8, 4) is 0 Å². The summed E-state index contributed by atoms with van der Waals surface area (Å²) in [7, 11) is 2.05. The highest BCUT2D eigenvalue weighted by atomic mass is 16.3. The number of piperidine rings is 2. The molecule has 2 aromatic rings. The molecule has 2 aromatic carbocycles. The van der Waals surface area contributed by atoms with E-state index in [1.54, 1.807) is 53.4 Å². The van der Waals surface area contributed by atoms with E-state index >= 15 is 0 Å². The van der Waals surface area contributed by atoms with Crippen molar-refractivity contribution in [2.45, 2.75) is 37.1 Å². The lowest BCUT2D eigenvalue weighted by molar-refractivity contribution is -0.140. The van der Waals surface area contributed by atoms with Crippen molar-refractivity contribution in [3.63, 3.8) is 0 Å². The summed E-state index contributed by atoms with van der Waals surface area (Å²) in [4.78, 5) is 45.1. The van der Waals surface area contributed by atoms with Gasteiger partial charge in [-0.3, -0.25) is 14.4 Å². The maximum atomic E-state index is 13.7. The van der Waals surface area contributed by atoms with Crippen molar-refractivity contribution >= 4 is 17.5 Å². The number of aliphatic hydroxyl groups is 1. The van der Waals surface area contributed by atoms with E-state index in [2.05, 4.69) is 4.90 Å². The molecule has 0 unspecified atom stereocenters. The van der Waals surface area contributed by atoms with Gasteiger partial charge in [0.25, 0.3) is 0 Å². The number of likely N-dealkylation sites (tertiary alicyclic amines) is 2. The van der Waals surface area contributed by atoms with Crippen LogP contribution in [0.3, 0.4) is 0 Å². The Morgan fingerprint density at radius 1 is 0.970 bits per heavy atom. The molecule has 2 fully saturated rings. The van der Waals surface area contributed by atoms with E-state index in [1.807, 2.05) is 13.1 Å². The third-order valence-electron chi connectivity index (χ3n) is 8.24. The maximum Gasteiger partial charge on any atom is 0.224 e. The van der Waals surface area contributed by atoms with Gasteiger partial charge in [-0.1, -0.05) is 54.6 Å². The van der Waals surface area contributed by atoms with Crippen LogP contribution in [-0.4, -0.2) is 71.7 Å². The monoisotopic (exact) mass is 446 g/mol. The van der Waals surface area contributed by atoms with Crippen molar-refractivity contribution in [2.24, 2.45) is 5.41 Å². The molecule has 0 radical (unpaired) electrons. The second-order valence-corrected chi connectivity index (χ2v) is 9.86. The Morgan fingerprint density at radius 3 is 2.24 bits per heavy atom. The molecule has 2 saturated heterocycles. The van der Waals surface area contributed by atoms with Crippen molar-refractivity contribution < 1.29 is 19.5 Å². The van der Waals surface area contributed by atoms with Gasteiger partial charge in [-0.05, 0) is 38.4 Å². The molecular weight excluding hydrogens is 416 g/mol. The topological polar surface area (TPSA) is 77.9 Å². The van der Waals surface area contributed by atoms with Gasteiger partial charge in [0.2, 0.25) is 5.91 Å². The largest absolute Gasteiger partial charge is 0.396 e. The number of aliphatic hydroxyl groups excluding tert-OH is 1. The van der Waals surface area contributed by atoms with Crippen LogP contribution >= 0.6 is 0 Å². The number of ketones is 2. The molecule has 1 N–H and O–H groups in total. The summed E-state index contributed by atoms with van der Waals surface area (Å²) >= 11 is 0. The van der Waals surface area contributed by atoms with E-state index in [0.29, 0.717) is 29.8 Å². The number of amides is 1. The molecule has 172 valence electrons. The zero-order chi connectivity index (χ0) is 23.2. The molecule has 6 heteroatoms. The minimum Gasteiger partial charge on any atom is -0.396 e. The first-order valence-corrected chi connectivity index (χ1v) is 11.8. The van der Waals surface area contributed by atoms with Crippen molar-refractivity contribution in [2.75, 3.05) is 33.3 Å². The standard InChI is InChI=1S/C27H30N2O4/c1-28-14-7-12-26(18-30)13-15-29(17-22(26)28)23(31)16-27(19-8-3-2-4-9-19)24(32)20-10-5-6-11-21(20)25(27)33/h2-6,8-11,22,30H,7,12-18H2,1H3/t22-,26-/m1/s1. The van der Waals surface area contributed by atoms with E-state index in [0.717, 1.165) is 25.8 Å². The Morgan fingerprint density at radius 2 is 1.61 bits per heavy atom. The summed E-state index contributed by atoms with van der Waals surface area (Å²) in [6.07, 6.45) is 2.55. The predicted molar refractivity (Wildman–Crippen MR) is 124 cm³/mol. The predicted octanol–water partition coefficient (Wildman–Crippen LogP) is 2.70. The summed E-state index contributed by atoms with van der Waals surface area (Å²) in [6.45, 7) is 2.10. The first-order valence-electron chi connectivity index (χ1n) is 11.8. The molecule has 1 aliphatic carbocycles. The van der Waals surface area contributed by atoms with Gasteiger partial charge in [-0.15, -0.1) is 0 Å². The van der Waals surface area contributed by atoms with Crippen molar-refractivity contribution in [1.82, 2.24) is 9.80 Å². The Labute approximate surface area is 194 Å². The fourth-order valence-electron chi connectivity index (χ4n) is 6.27. The quantitative estimate of drug-likeness (QED) is 0.731. The SMILES string of the molecule is CN1CCC[C@]2(CO)CCN(C(=O)CC3(c4ccccc4)C(=O)c4ccccc4C3=O)C[C@@H]12. The number of hydrogen-bond acceptors (Lipinski definition) is 5. The van der Waals surface area contributed by atoms with Crippen LogP contribution in [0.15, 0.2) is 54.6 Å². The molecular formula is C27H30N2O4. The molecule has 3 aliphatic rings. The molecule has 2 aliphatic heterocycles. The molecule has 33 heavy (non-hydrogen) atoms. The Kier molecular flexibility index (Phi) is 5.46. The summed E-state index contributed by atoms with van der Waals surface area (Å²) in [5.41, 5.74) is -0.350. The number of benzene rings is 2. The summed E-state index contributed by atoms with van der Waals surface area (Å²) in [5, 5.41) is 10.2. The number of nitrogens with zero attached hydrogens (tertiary/aromatic N) is 2. The summed E-state index contributed by atoms with van der Waals surface area (Å²) in [6, 6.07) is 15.9. The van der Waals surface area contributed by atoms with Gasteiger partial charge in [0.15, 0.2) is 11.6 Å². The van der Waals surface area contributed by atoms with E-state index in [9.17, 15) is 19.5 Å². The average Bonchev–Trinajstić information content (AvgIpc) is 3.07. The highest BCUT2D eigenvalue weighted by Crippen LogP contribution is 2.45. The fraction of sp³-hybridized carbons (Fsp3) is 0.444. The number of hydrogen-bond donors (Lipinski definition) is 1. The molecule has 0 bridgehead atoms. The lowest BCUT2D eigenvalue weighted by atomic mass is 9.68. The van der Waals surface area contributed by atoms with Gasteiger partial charge in [0.1, 0.15) is 5.41 Å². The average molecular weight is 447 g/mol. The molecule has 5 rings (SSSR count). The van der Waals surface area contributed by atoms with Gasteiger partial charge in [0, 0.05) is 35.7 Å². The third kappa shape index (κ3) is 3.27. The summed E-state index contributed by atoms with van der Waals surface area (Å²) in [5.74, 6) is -0.767. The summed E-state index contributed by atoms with van der Waals surface area (Å²) < 4.78 is 0. The van der Waals surface area contributed by atoms with Crippen LogP contribution in [0, 0.1) is 5.41 Å². The van der Waals surface area contributed by atoms with E-state index in [4.69, 9.17) is 0 Å². The molecule has 0 saturated carbocycles. The second kappa shape index (κ2) is 8.19. The van der Waals surface area contributed by atoms with E-state index < -0.39 is 5.41 Å². The van der Waals surface area contributed by atoms with Gasteiger partial charge in [-0.25, -0.2) is 0 Å². The zero-order valence-electron chi connectivity index (χ0n) is 19.0. The minimum absolute atomic E-state index is 0.0776. The third-order valence-corrected chi connectivity index (χ3v) is 8.24. The normalized spacial score (nSPS) is 26.7. The molecule has 0 spiro atoms. The highest BCUT2D eigenvalue weighted by molar-refractivity contribution is 6.34. The van der Waals surface area contributed by atoms with Crippen LogP contribution in [0.1, 0.15) is 52.0 Å². The second-order valence-electron chi connectivity index (χ2n) is 9.86. The first kappa shape index (κ1) is 22.0. The van der Waals surface area contributed by atoms with Gasteiger partial charge in [0.05, 0.1) is 13.0 Å². The number of Topliss-reactive ketones (excluding diaryl/α,β-unsaturated/α-hetero) is 2. The Bertz CT molecular complexity index is 1060. The molecule has 2 atom stereocenters. The fourth-order valence-corrected chi connectivity index (χ4v) is 6.27. The smallest absolute Gasteiger partial charge is 0.224 e. The lowest BCUT2D eigenvalue weighted by Gasteiger charge is -2.53. The molecule has 1 amide bonds. The minimum atomic E-state index is -1.52. The van der Waals surface area contributed by atoms with E-state index in [-0.39, 0.29) is 42.0 Å². The Hall–Kier alpha value is -2.83. The van der Waals surface area contributed by atoms with Crippen LogP contribution < -0.4 is 0 Å². The van der Waals surface area contributed by atoms with Crippen molar-refractivity contribution in [3.05, 3.63) is 71.3 Å². The van der Waals surface area contributed by atoms with Gasteiger partial charge >= 0.3 is 0 Å². The zero-order valence-corrected chi connectivity index (χ0v) is 19.0. The van der Waals surface area contributed by atoms with Crippen LogP contribution in [0.25, 0.3) is 0 Å². The van der Waals surface area contributed by atoms with Crippen LogP contribution in [0.5, 0.6) is 0 Å². The number of carbonyl (C=O) groups excluding carboxylic acids is 3.